The standard InChI is InChI=1S/C22H22ClNO3/c1-3-15-27-20-12-8-18(16-21(20)26-2)9-13-22(25)24-14-4-5-17-6-10-19(23)11-7-17/h1,4-8,10-12,16H,9,13-15H2,2H3,(H,24,25). The van der Waals surface area contributed by atoms with Crippen molar-refractivity contribution in [2.45, 2.75) is 12.8 Å². The van der Waals surface area contributed by atoms with E-state index in [4.69, 9.17) is 27.5 Å². The molecule has 5 heteroatoms. The molecule has 27 heavy (non-hydrogen) atoms. The van der Waals surface area contributed by atoms with Gasteiger partial charge in [-0.05, 0) is 41.8 Å². The van der Waals surface area contributed by atoms with E-state index in [9.17, 15) is 4.79 Å². The largest absolute Gasteiger partial charge is 0.493 e. The van der Waals surface area contributed by atoms with Crippen LogP contribution >= 0.6 is 11.6 Å². The van der Waals surface area contributed by atoms with Crippen LogP contribution in [0, 0.1) is 12.3 Å². The molecule has 0 spiro atoms. The maximum Gasteiger partial charge on any atom is 0.220 e. The Balaban J connectivity index is 1.78. The fourth-order valence-corrected chi connectivity index (χ4v) is 2.52. The van der Waals surface area contributed by atoms with Crippen molar-refractivity contribution in [1.29, 1.82) is 0 Å². The minimum atomic E-state index is -0.0117. The zero-order valence-electron chi connectivity index (χ0n) is 15.2. The fourth-order valence-electron chi connectivity index (χ4n) is 2.39. The topological polar surface area (TPSA) is 47.6 Å². The Kier molecular flexibility index (Phi) is 8.28. The van der Waals surface area contributed by atoms with Gasteiger partial charge in [0.2, 0.25) is 5.91 Å². The number of rotatable bonds is 9. The molecule has 0 aliphatic heterocycles. The minimum Gasteiger partial charge on any atom is -0.493 e. The van der Waals surface area contributed by atoms with Crippen molar-refractivity contribution < 1.29 is 14.3 Å². The van der Waals surface area contributed by atoms with Gasteiger partial charge in [-0.25, -0.2) is 0 Å². The molecular formula is C22H22ClNO3. The highest BCUT2D eigenvalue weighted by Gasteiger charge is 2.07. The maximum atomic E-state index is 12.0. The average molecular weight is 384 g/mol. The number of halogens is 1. The monoisotopic (exact) mass is 383 g/mol. The Morgan fingerprint density at radius 3 is 2.70 bits per heavy atom. The number of hydrogen-bond donors (Lipinski definition) is 1. The predicted octanol–water partition coefficient (Wildman–Crippen LogP) is 4.12. The molecule has 1 N–H and O–H groups in total. The van der Waals surface area contributed by atoms with Crippen LogP contribution in [0.5, 0.6) is 11.5 Å². The zero-order chi connectivity index (χ0) is 19.5. The smallest absolute Gasteiger partial charge is 0.220 e. The Labute approximate surface area is 165 Å². The Morgan fingerprint density at radius 2 is 2.00 bits per heavy atom. The third-order valence-corrected chi connectivity index (χ3v) is 4.03. The van der Waals surface area contributed by atoms with Crippen LogP contribution in [0.2, 0.25) is 5.02 Å². The van der Waals surface area contributed by atoms with Gasteiger partial charge in [0.15, 0.2) is 11.5 Å². The van der Waals surface area contributed by atoms with E-state index >= 15 is 0 Å². The maximum absolute atomic E-state index is 12.0. The SMILES string of the molecule is C#CCOc1ccc(CCC(=O)NCC=Cc2ccc(Cl)cc2)cc1OC. The Morgan fingerprint density at radius 1 is 1.22 bits per heavy atom. The van der Waals surface area contributed by atoms with Gasteiger partial charge < -0.3 is 14.8 Å². The van der Waals surface area contributed by atoms with Gasteiger partial charge in [-0.1, -0.05) is 47.9 Å². The van der Waals surface area contributed by atoms with E-state index in [0.717, 1.165) is 11.1 Å². The first kappa shape index (κ1) is 20.4. The van der Waals surface area contributed by atoms with Crippen molar-refractivity contribution in [2.24, 2.45) is 0 Å². The molecule has 2 rings (SSSR count). The van der Waals surface area contributed by atoms with Crippen LogP contribution in [-0.4, -0.2) is 26.2 Å². The second-order valence-electron chi connectivity index (χ2n) is 5.74. The van der Waals surface area contributed by atoms with E-state index in [1.165, 1.54) is 0 Å². The molecule has 140 valence electrons. The van der Waals surface area contributed by atoms with Crippen LogP contribution < -0.4 is 14.8 Å². The van der Waals surface area contributed by atoms with Crippen LogP contribution in [-0.2, 0) is 11.2 Å². The molecule has 1 amide bonds. The lowest BCUT2D eigenvalue weighted by atomic mass is 10.1. The second kappa shape index (κ2) is 10.9. The van der Waals surface area contributed by atoms with Gasteiger partial charge in [-0.3, -0.25) is 4.79 Å². The molecule has 0 saturated carbocycles. The molecule has 2 aromatic carbocycles. The third kappa shape index (κ3) is 7.08. The first-order valence-corrected chi connectivity index (χ1v) is 8.92. The summed E-state index contributed by atoms with van der Waals surface area (Å²) < 4.78 is 10.7. The van der Waals surface area contributed by atoms with Crippen LogP contribution in [0.3, 0.4) is 0 Å². The van der Waals surface area contributed by atoms with E-state index in [1.807, 2.05) is 48.6 Å². The van der Waals surface area contributed by atoms with Crippen LogP contribution in [0.4, 0.5) is 0 Å². The number of benzene rings is 2. The van der Waals surface area contributed by atoms with E-state index in [1.54, 1.807) is 13.2 Å². The summed E-state index contributed by atoms with van der Waals surface area (Å²) in [6.07, 6.45) is 10.0. The van der Waals surface area contributed by atoms with Crippen LogP contribution in [0.15, 0.2) is 48.5 Å². The zero-order valence-corrected chi connectivity index (χ0v) is 16.0. The van der Waals surface area contributed by atoms with E-state index in [0.29, 0.717) is 35.9 Å². The molecule has 4 nitrogen and oxygen atoms in total. The van der Waals surface area contributed by atoms with Crippen LogP contribution in [0.1, 0.15) is 17.5 Å². The van der Waals surface area contributed by atoms with Gasteiger partial charge >= 0.3 is 0 Å². The summed E-state index contributed by atoms with van der Waals surface area (Å²) >= 11 is 5.85. The molecule has 2 aromatic rings. The number of carbonyl (C=O) groups excluding carboxylic acids is 1. The first-order chi connectivity index (χ1) is 13.1. The summed E-state index contributed by atoms with van der Waals surface area (Å²) in [5.41, 5.74) is 2.03. The Hall–Kier alpha value is -2.90. The first-order valence-electron chi connectivity index (χ1n) is 8.54. The molecule has 0 bridgehead atoms. The van der Waals surface area contributed by atoms with Crippen LogP contribution in [0.25, 0.3) is 6.08 Å². The number of hydrogen-bond acceptors (Lipinski definition) is 3. The Bertz CT molecular complexity index is 822. The molecule has 0 atom stereocenters. The summed E-state index contributed by atoms with van der Waals surface area (Å²) in [6, 6.07) is 13.1. The summed E-state index contributed by atoms with van der Waals surface area (Å²) in [5, 5.41) is 3.57. The quantitative estimate of drug-likeness (QED) is 0.662. The number of nitrogens with one attached hydrogen (secondary N) is 1. The van der Waals surface area contributed by atoms with Crippen molar-refractivity contribution in [3.8, 4) is 23.8 Å². The normalized spacial score (nSPS) is 10.4. The lowest BCUT2D eigenvalue weighted by Gasteiger charge is -2.10. The molecule has 0 aliphatic rings. The van der Waals surface area contributed by atoms with Crippen molar-refractivity contribution in [3.63, 3.8) is 0 Å². The number of amides is 1. The summed E-state index contributed by atoms with van der Waals surface area (Å²) in [6.45, 7) is 0.658. The molecule has 0 saturated heterocycles. The summed E-state index contributed by atoms with van der Waals surface area (Å²) in [7, 11) is 1.57. The molecule has 0 aromatic heterocycles. The van der Waals surface area contributed by atoms with Crippen molar-refractivity contribution in [1.82, 2.24) is 5.32 Å². The lowest BCUT2D eigenvalue weighted by molar-refractivity contribution is -0.120. The van der Waals surface area contributed by atoms with Gasteiger partial charge in [0.05, 0.1) is 7.11 Å². The van der Waals surface area contributed by atoms with E-state index in [-0.39, 0.29) is 12.5 Å². The molecule has 0 radical (unpaired) electrons. The molecular weight excluding hydrogens is 362 g/mol. The van der Waals surface area contributed by atoms with Crippen molar-refractivity contribution in [3.05, 3.63) is 64.7 Å². The van der Waals surface area contributed by atoms with Crippen molar-refractivity contribution in [2.75, 3.05) is 20.3 Å². The molecule has 0 aliphatic carbocycles. The van der Waals surface area contributed by atoms with Gasteiger partial charge in [-0.15, -0.1) is 6.42 Å². The molecule has 0 fully saturated rings. The average Bonchev–Trinajstić information content (AvgIpc) is 2.69. The van der Waals surface area contributed by atoms with Gasteiger partial charge in [0.1, 0.15) is 6.61 Å². The predicted molar refractivity (Wildman–Crippen MR) is 109 cm³/mol. The highest BCUT2D eigenvalue weighted by Crippen LogP contribution is 2.28. The number of aryl methyl sites for hydroxylation is 1. The summed E-state index contributed by atoms with van der Waals surface area (Å²) in [5.74, 6) is 3.60. The minimum absolute atomic E-state index is 0.0117. The highest BCUT2D eigenvalue weighted by molar-refractivity contribution is 6.30. The highest BCUT2D eigenvalue weighted by atomic mass is 35.5. The van der Waals surface area contributed by atoms with Gasteiger partial charge in [0, 0.05) is 18.0 Å². The molecule has 0 unspecified atom stereocenters. The number of terminal acetylenes is 1. The number of carbonyl (C=O) groups is 1. The van der Waals surface area contributed by atoms with Gasteiger partial charge in [-0.2, -0.15) is 0 Å². The lowest BCUT2D eigenvalue weighted by Crippen LogP contribution is -2.23. The second-order valence-corrected chi connectivity index (χ2v) is 6.17. The van der Waals surface area contributed by atoms with E-state index < -0.39 is 0 Å². The number of ether oxygens (including phenoxy) is 2. The third-order valence-electron chi connectivity index (χ3n) is 3.78. The summed E-state index contributed by atoms with van der Waals surface area (Å²) in [4.78, 5) is 12.0. The number of methoxy groups -OCH3 is 1. The van der Waals surface area contributed by atoms with E-state index in [2.05, 4.69) is 11.2 Å². The fraction of sp³-hybridized carbons (Fsp3) is 0.227. The van der Waals surface area contributed by atoms with Crippen molar-refractivity contribution >= 4 is 23.6 Å². The molecule has 0 heterocycles. The van der Waals surface area contributed by atoms with Gasteiger partial charge in [0.25, 0.3) is 0 Å².